The number of nitrogens with zero attached hydrogens (tertiary/aromatic N) is 3. The minimum absolute atomic E-state index is 0.166. The molecule has 0 aromatic carbocycles. The van der Waals surface area contributed by atoms with E-state index in [4.69, 9.17) is 10.3 Å². The largest absolute Gasteiger partial charge is 0.334 e. The number of aromatic amines is 1. The van der Waals surface area contributed by atoms with Crippen LogP contribution in [0.4, 0.5) is 0 Å². The van der Waals surface area contributed by atoms with Gasteiger partial charge in [-0.1, -0.05) is 11.6 Å². The molecule has 0 aliphatic carbocycles. The van der Waals surface area contributed by atoms with Gasteiger partial charge in [0.2, 0.25) is 5.56 Å². The summed E-state index contributed by atoms with van der Waals surface area (Å²) in [5.74, 6) is 0.872. The van der Waals surface area contributed by atoms with E-state index in [1.165, 1.54) is 25.3 Å². The zero-order valence-corrected chi connectivity index (χ0v) is 11.8. The van der Waals surface area contributed by atoms with Crippen LogP contribution in [-0.4, -0.2) is 39.7 Å². The predicted molar refractivity (Wildman–Crippen MR) is 77.6 cm³/mol. The number of nitrogens with one attached hydrogen (secondary N) is 1. The van der Waals surface area contributed by atoms with Gasteiger partial charge in [0.15, 0.2) is 5.82 Å². The SMILES string of the molecule is NC(CN1CCCCC1)c1noc(-c2ccc(=O)[nH]c2)n1. The molecule has 7 heteroatoms. The third kappa shape index (κ3) is 3.37. The van der Waals surface area contributed by atoms with Gasteiger partial charge >= 0.3 is 0 Å². The van der Waals surface area contributed by atoms with Crippen molar-refractivity contribution < 1.29 is 4.52 Å². The molecule has 3 N–H and O–H groups in total. The summed E-state index contributed by atoms with van der Waals surface area (Å²) in [6, 6.07) is 2.81. The minimum atomic E-state index is -0.261. The number of pyridine rings is 1. The number of H-pyrrole nitrogens is 1. The van der Waals surface area contributed by atoms with Crippen LogP contribution < -0.4 is 11.3 Å². The second-order valence-corrected chi connectivity index (χ2v) is 5.37. The zero-order valence-electron chi connectivity index (χ0n) is 11.8. The van der Waals surface area contributed by atoms with Crippen LogP contribution in [0.3, 0.4) is 0 Å². The Morgan fingerprint density at radius 2 is 2.14 bits per heavy atom. The normalized spacial score (nSPS) is 17.8. The molecule has 1 saturated heterocycles. The second-order valence-electron chi connectivity index (χ2n) is 5.37. The molecule has 3 heterocycles. The summed E-state index contributed by atoms with van der Waals surface area (Å²) >= 11 is 0. The molecule has 1 fully saturated rings. The number of likely N-dealkylation sites (tertiary alicyclic amines) is 1. The van der Waals surface area contributed by atoms with Gasteiger partial charge in [0.05, 0.1) is 11.6 Å². The smallest absolute Gasteiger partial charge is 0.259 e. The van der Waals surface area contributed by atoms with Crippen molar-refractivity contribution in [2.24, 2.45) is 5.73 Å². The summed E-state index contributed by atoms with van der Waals surface area (Å²) in [4.78, 5) is 20.3. The Kier molecular flexibility index (Phi) is 4.12. The van der Waals surface area contributed by atoms with Crippen molar-refractivity contribution in [3.63, 3.8) is 0 Å². The third-order valence-corrected chi connectivity index (χ3v) is 3.71. The molecule has 112 valence electrons. The molecule has 2 aromatic rings. The van der Waals surface area contributed by atoms with E-state index in [2.05, 4.69) is 20.0 Å². The lowest BCUT2D eigenvalue weighted by atomic mass is 10.1. The lowest BCUT2D eigenvalue weighted by Crippen LogP contribution is -2.36. The summed E-state index contributed by atoms with van der Waals surface area (Å²) < 4.78 is 5.22. The molecule has 1 aliphatic heterocycles. The lowest BCUT2D eigenvalue weighted by molar-refractivity contribution is 0.213. The molecule has 1 atom stereocenters. The second kappa shape index (κ2) is 6.19. The van der Waals surface area contributed by atoms with Gasteiger partial charge in [-0.15, -0.1) is 0 Å². The van der Waals surface area contributed by atoms with E-state index in [0.717, 1.165) is 19.6 Å². The van der Waals surface area contributed by atoms with Gasteiger partial charge in [0, 0.05) is 18.8 Å². The molecule has 0 saturated carbocycles. The maximum absolute atomic E-state index is 11.0. The molecule has 7 nitrogen and oxygen atoms in total. The van der Waals surface area contributed by atoms with Gasteiger partial charge < -0.3 is 20.1 Å². The average Bonchev–Trinajstić information content (AvgIpc) is 2.99. The summed E-state index contributed by atoms with van der Waals surface area (Å²) in [7, 11) is 0. The molecule has 3 rings (SSSR count). The summed E-state index contributed by atoms with van der Waals surface area (Å²) in [5, 5.41) is 3.95. The van der Waals surface area contributed by atoms with E-state index in [-0.39, 0.29) is 11.6 Å². The fourth-order valence-electron chi connectivity index (χ4n) is 2.55. The van der Waals surface area contributed by atoms with Crippen molar-refractivity contribution in [1.29, 1.82) is 0 Å². The van der Waals surface area contributed by atoms with Crippen molar-refractivity contribution in [2.45, 2.75) is 25.3 Å². The van der Waals surface area contributed by atoms with Crippen LogP contribution in [0.25, 0.3) is 11.5 Å². The van der Waals surface area contributed by atoms with Gasteiger partial charge in [-0.05, 0) is 32.0 Å². The fourth-order valence-corrected chi connectivity index (χ4v) is 2.55. The quantitative estimate of drug-likeness (QED) is 0.867. The first-order valence-corrected chi connectivity index (χ1v) is 7.23. The molecule has 21 heavy (non-hydrogen) atoms. The molecule has 0 radical (unpaired) electrons. The van der Waals surface area contributed by atoms with E-state index in [1.807, 2.05) is 0 Å². The highest BCUT2D eigenvalue weighted by atomic mass is 16.5. The van der Waals surface area contributed by atoms with Gasteiger partial charge in [-0.25, -0.2) is 0 Å². The number of piperidine rings is 1. The standard InChI is InChI=1S/C14H19N5O2/c15-11(9-19-6-2-1-3-7-19)13-17-14(21-18-13)10-4-5-12(20)16-8-10/h4-5,8,11H,1-3,6-7,9,15H2,(H,16,20). The highest BCUT2D eigenvalue weighted by Gasteiger charge is 2.19. The Morgan fingerprint density at radius 3 is 2.86 bits per heavy atom. The number of aromatic nitrogens is 3. The Morgan fingerprint density at radius 1 is 1.33 bits per heavy atom. The number of nitrogens with two attached hydrogens (primary N) is 1. The van der Waals surface area contributed by atoms with Crippen molar-refractivity contribution in [3.05, 3.63) is 34.5 Å². The van der Waals surface area contributed by atoms with Crippen LogP contribution in [0.15, 0.2) is 27.6 Å². The molecule has 0 bridgehead atoms. The first kappa shape index (κ1) is 14.0. The highest BCUT2D eigenvalue weighted by Crippen LogP contribution is 2.18. The van der Waals surface area contributed by atoms with Crippen molar-refractivity contribution in [1.82, 2.24) is 20.0 Å². The van der Waals surface area contributed by atoms with Crippen LogP contribution >= 0.6 is 0 Å². The van der Waals surface area contributed by atoms with E-state index < -0.39 is 0 Å². The molecular formula is C14H19N5O2. The first-order chi connectivity index (χ1) is 10.2. The predicted octanol–water partition coefficient (Wildman–Crippen LogP) is 0.911. The topological polar surface area (TPSA) is 101 Å². The Hall–Kier alpha value is -1.99. The molecule has 2 aromatic heterocycles. The van der Waals surface area contributed by atoms with Gasteiger partial charge in [0.1, 0.15) is 0 Å². The molecule has 0 amide bonds. The minimum Gasteiger partial charge on any atom is -0.334 e. The first-order valence-electron chi connectivity index (χ1n) is 7.23. The summed E-state index contributed by atoms with van der Waals surface area (Å²) in [6.07, 6.45) is 5.29. The molecule has 1 unspecified atom stereocenters. The van der Waals surface area contributed by atoms with E-state index in [1.54, 1.807) is 12.3 Å². The Balaban J connectivity index is 1.68. The molecule has 0 spiro atoms. The van der Waals surface area contributed by atoms with Gasteiger partial charge in [0.25, 0.3) is 5.89 Å². The van der Waals surface area contributed by atoms with Crippen LogP contribution in [0.2, 0.25) is 0 Å². The van der Waals surface area contributed by atoms with E-state index in [9.17, 15) is 4.79 Å². The Bertz CT molecular complexity index is 624. The van der Waals surface area contributed by atoms with Crippen LogP contribution in [-0.2, 0) is 0 Å². The molecular weight excluding hydrogens is 270 g/mol. The maximum atomic E-state index is 11.0. The zero-order chi connectivity index (χ0) is 14.7. The van der Waals surface area contributed by atoms with E-state index >= 15 is 0 Å². The summed E-state index contributed by atoms with van der Waals surface area (Å²) in [5.41, 5.74) is 6.67. The summed E-state index contributed by atoms with van der Waals surface area (Å²) in [6.45, 7) is 2.90. The van der Waals surface area contributed by atoms with Crippen molar-refractivity contribution >= 4 is 0 Å². The monoisotopic (exact) mass is 289 g/mol. The maximum Gasteiger partial charge on any atom is 0.259 e. The van der Waals surface area contributed by atoms with Crippen LogP contribution in [0.5, 0.6) is 0 Å². The lowest BCUT2D eigenvalue weighted by Gasteiger charge is -2.27. The van der Waals surface area contributed by atoms with Gasteiger partial charge in [-0.2, -0.15) is 4.98 Å². The van der Waals surface area contributed by atoms with Crippen LogP contribution in [0.1, 0.15) is 31.1 Å². The third-order valence-electron chi connectivity index (χ3n) is 3.71. The fraction of sp³-hybridized carbons (Fsp3) is 0.500. The van der Waals surface area contributed by atoms with Crippen molar-refractivity contribution in [2.75, 3.05) is 19.6 Å². The van der Waals surface area contributed by atoms with Gasteiger partial charge in [-0.3, -0.25) is 4.79 Å². The van der Waals surface area contributed by atoms with E-state index in [0.29, 0.717) is 17.3 Å². The van der Waals surface area contributed by atoms with Crippen LogP contribution in [0, 0.1) is 0 Å². The number of hydrogen-bond donors (Lipinski definition) is 2. The number of hydrogen-bond acceptors (Lipinski definition) is 6. The average molecular weight is 289 g/mol. The number of rotatable bonds is 4. The van der Waals surface area contributed by atoms with Crippen molar-refractivity contribution in [3.8, 4) is 11.5 Å². The molecule has 1 aliphatic rings. The Labute approximate surface area is 122 Å². The highest BCUT2D eigenvalue weighted by molar-refractivity contribution is 5.50.